The highest BCUT2D eigenvalue weighted by Gasteiger charge is 2.27. The number of rotatable bonds is 4. The summed E-state index contributed by atoms with van der Waals surface area (Å²) >= 11 is 12.4. The van der Waals surface area contributed by atoms with E-state index in [2.05, 4.69) is 5.10 Å². The Bertz CT molecular complexity index is 1290. The molecule has 4 rings (SSSR count). The van der Waals surface area contributed by atoms with Crippen LogP contribution in [0.15, 0.2) is 88.8 Å². The Balaban J connectivity index is 2.02. The summed E-state index contributed by atoms with van der Waals surface area (Å²) < 4.78 is 41.5. The van der Waals surface area contributed by atoms with Gasteiger partial charge in [-0.1, -0.05) is 41.4 Å². The van der Waals surface area contributed by atoms with Gasteiger partial charge in [-0.15, -0.1) is 0 Å². The van der Waals surface area contributed by atoms with E-state index >= 15 is 0 Å². The number of aromatic nitrogens is 2. The predicted molar refractivity (Wildman–Crippen MR) is 111 cm³/mol. The molecule has 4 aromatic rings. The van der Waals surface area contributed by atoms with Crippen molar-refractivity contribution in [2.75, 3.05) is 0 Å². The van der Waals surface area contributed by atoms with Gasteiger partial charge in [0.2, 0.25) is 9.84 Å². The van der Waals surface area contributed by atoms with Crippen molar-refractivity contribution in [3.8, 4) is 16.9 Å². The van der Waals surface area contributed by atoms with E-state index < -0.39 is 15.7 Å². The van der Waals surface area contributed by atoms with Crippen LogP contribution in [-0.4, -0.2) is 18.2 Å². The number of benzene rings is 3. The maximum absolute atomic E-state index is 13.5. The zero-order valence-corrected chi connectivity index (χ0v) is 17.1. The van der Waals surface area contributed by atoms with Crippen molar-refractivity contribution >= 4 is 33.0 Å². The Morgan fingerprint density at radius 1 is 0.897 bits per heavy atom. The van der Waals surface area contributed by atoms with Gasteiger partial charge in [0, 0.05) is 10.6 Å². The summed E-state index contributed by atoms with van der Waals surface area (Å²) in [5, 5.41) is 5.03. The van der Waals surface area contributed by atoms with E-state index in [9.17, 15) is 12.8 Å². The lowest BCUT2D eigenvalue weighted by Crippen LogP contribution is -2.05. The minimum absolute atomic E-state index is 0.0219. The molecule has 29 heavy (non-hydrogen) atoms. The van der Waals surface area contributed by atoms with Crippen LogP contribution in [-0.2, 0) is 9.84 Å². The van der Waals surface area contributed by atoms with Gasteiger partial charge in [0.25, 0.3) is 0 Å². The number of sulfone groups is 1. The molecule has 0 N–H and O–H groups in total. The van der Waals surface area contributed by atoms with Crippen molar-refractivity contribution in [3.05, 3.63) is 94.9 Å². The van der Waals surface area contributed by atoms with Gasteiger partial charge in [-0.05, 0) is 54.6 Å². The second kappa shape index (κ2) is 7.63. The number of halogens is 3. The summed E-state index contributed by atoms with van der Waals surface area (Å²) in [6.07, 6.45) is 1.26. The van der Waals surface area contributed by atoms with E-state index in [0.717, 1.165) is 0 Å². The molecule has 0 saturated carbocycles. The van der Waals surface area contributed by atoms with E-state index in [1.54, 1.807) is 36.4 Å². The molecule has 0 amide bonds. The van der Waals surface area contributed by atoms with Gasteiger partial charge in [-0.3, -0.25) is 0 Å². The zero-order chi connectivity index (χ0) is 20.6. The van der Waals surface area contributed by atoms with Crippen LogP contribution in [0.25, 0.3) is 16.9 Å². The molecule has 0 saturated heterocycles. The third-order valence-electron chi connectivity index (χ3n) is 4.33. The predicted octanol–water partition coefficient (Wildman–Crippen LogP) is 5.82. The monoisotopic (exact) mass is 446 g/mol. The highest BCUT2D eigenvalue weighted by Crippen LogP contribution is 2.35. The van der Waals surface area contributed by atoms with Crippen LogP contribution in [0.5, 0.6) is 0 Å². The summed E-state index contributed by atoms with van der Waals surface area (Å²) in [7, 11) is -3.89. The molecule has 0 aliphatic rings. The van der Waals surface area contributed by atoms with Gasteiger partial charge in [-0.25, -0.2) is 17.5 Å². The molecule has 0 fully saturated rings. The van der Waals surface area contributed by atoms with Crippen LogP contribution >= 0.6 is 23.2 Å². The van der Waals surface area contributed by atoms with Crippen molar-refractivity contribution in [2.24, 2.45) is 0 Å². The maximum atomic E-state index is 13.5. The minimum Gasteiger partial charge on any atom is -0.230 e. The van der Waals surface area contributed by atoms with Crippen molar-refractivity contribution < 1.29 is 12.8 Å². The third kappa shape index (κ3) is 3.67. The molecule has 3 aromatic carbocycles. The average Bonchev–Trinajstić information content (AvgIpc) is 3.17. The van der Waals surface area contributed by atoms with Crippen LogP contribution < -0.4 is 0 Å². The Morgan fingerprint density at radius 3 is 2.28 bits per heavy atom. The Labute approximate surface area is 177 Å². The Kier molecular flexibility index (Phi) is 5.17. The van der Waals surface area contributed by atoms with Crippen molar-refractivity contribution in [1.29, 1.82) is 0 Å². The summed E-state index contributed by atoms with van der Waals surface area (Å²) in [4.78, 5) is 0.103. The highest BCUT2D eigenvalue weighted by molar-refractivity contribution is 7.91. The molecule has 1 aromatic heterocycles. The van der Waals surface area contributed by atoms with Crippen LogP contribution in [0.1, 0.15) is 0 Å². The molecular formula is C21H13Cl2FN2O2S. The number of hydrogen-bond acceptors (Lipinski definition) is 3. The summed E-state index contributed by atoms with van der Waals surface area (Å²) in [5.41, 5.74) is 1.14. The standard InChI is InChI=1S/C21H13Cl2FN2O2S/c22-15-8-11-18(23)19(12-15)26-21(14-6-9-16(24)10-7-14)20(13-25-26)29(27,28)17-4-2-1-3-5-17/h1-13H. The van der Waals surface area contributed by atoms with E-state index in [4.69, 9.17) is 23.2 Å². The molecule has 0 atom stereocenters. The first-order chi connectivity index (χ1) is 13.9. The van der Waals surface area contributed by atoms with Crippen LogP contribution in [0, 0.1) is 5.82 Å². The highest BCUT2D eigenvalue weighted by atomic mass is 35.5. The molecule has 0 spiro atoms. The lowest BCUT2D eigenvalue weighted by molar-refractivity contribution is 0.596. The van der Waals surface area contributed by atoms with Gasteiger partial charge in [0.05, 0.1) is 27.5 Å². The van der Waals surface area contributed by atoms with Gasteiger partial charge in [-0.2, -0.15) is 5.10 Å². The summed E-state index contributed by atoms with van der Waals surface area (Å²) in [5.74, 6) is -0.437. The molecule has 4 nitrogen and oxygen atoms in total. The summed E-state index contributed by atoms with van der Waals surface area (Å²) in [6, 6.07) is 18.3. The number of hydrogen-bond donors (Lipinski definition) is 0. The second-order valence-corrected chi connectivity index (χ2v) is 8.95. The zero-order valence-electron chi connectivity index (χ0n) is 14.8. The second-order valence-electron chi connectivity index (χ2n) is 6.19. The lowest BCUT2D eigenvalue weighted by Gasteiger charge is -2.12. The maximum Gasteiger partial charge on any atom is 0.210 e. The fraction of sp³-hybridized carbons (Fsp3) is 0. The van der Waals surface area contributed by atoms with E-state index in [0.29, 0.717) is 21.3 Å². The fourth-order valence-corrected chi connectivity index (χ4v) is 4.74. The van der Waals surface area contributed by atoms with E-state index in [-0.39, 0.29) is 15.5 Å². The first-order valence-electron chi connectivity index (χ1n) is 8.47. The molecule has 0 bridgehead atoms. The number of nitrogens with zero attached hydrogens (tertiary/aromatic N) is 2. The van der Waals surface area contributed by atoms with Crippen LogP contribution in [0.3, 0.4) is 0 Å². The third-order valence-corrected chi connectivity index (χ3v) is 6.66. The van der Waals surface area contributed by atoms with Crippen LogP contribution in [0.4, 0.5) is 4.39 Å². The van der Waals surface area contributed by atoms with Crippen molar-refractivity contribution in [3.63, 3.8) is 0 Å². The average molecular weight is 447 g/mol. The summed E-state index contributed by atoms with van der Waals surface area (Å²) in [6.45, 7) is 0. The molecule has 0 unspecified atom stereocenters. The van der Waals surface area contributed by atoms with Gasteiger partial charge >= 0.3 is 0 Å². The smallest absolute Gasteiger partial charge is 0.210 e. The first-order valence-corrected chi connectivity index (χ1v) is 10.7. The molecule has 0 aliphatic heterocycles. The van der Waals surface area contributed by atoms with Gasteiger partial charge in [0.15, 0.2) is 0 Å². The van der Waals surface area contributed by atoms with E-state index in [1.165, 1.54) is 47.3 Å². The molecule has 0 radical (unpaired) electrons. The van der Waals surface area contributed by atoms with Gasteiger partial charge in [0.1, 0.15) is 10.7 Å². The lowest BCUT2D eigenvalue weighted by atomic mass is 10.1. The SMILES string of the molecule is O=S(=O)(c1ccccc1)c1cnn(-c2cc(Cl)ccc2Cl)c1-c1ccc(F)cc1. The molecule has 8 heteroatoms. The quantitative estimate of drug-likeness (QED) is 0.396. The molecule has 1 heterocycles. The van der Waals surface area contributed by atoms with Gasteiger partial charge < -0.3 is 0 Å². The van der Waals surface area contributed by atoms with Crippen molar-refractivity contribution in [2.45, 2.75) is 9.79 Å². The minimum atomic E-state index is -3.89. The Morgan fingerprint density at radius 2 is 1.59 bits per heavy atom. The Hall–Kier alpha value is -2.67. The fourth-order valence-electron chi connectivity index (χ4n) is 2.96. The normalized spacial score (nSPS) is 11.6. The first kappa shape index (κ1) is 19.6. The molecule has 146 valence electrons. The largest absolute Gasteiger partial charge is 0.230 e. The topological polar surface area (TPSA) is 52.0 Å². The van der Waals surface area contributed by atoms with Crippen molar-refractivity contribution in [1.82, 2.24) is 9.78 Å². The van der Waals surface area contributed by atoms with Crippen LogP contribution in [0.2, 0.25) is 10.0 Å². The molecular weight excluding hydrogens is 434 g/mol. The molecule has 0 aliphatic carbocycles. The van der Waals surface area contributed by atoms with E-state index in [1.807, 2.05) is 0 Å².